The van der Waals surface area contributed by atoms with Gasteiger partial charge in [-0.05, 0) is 12.0 Å². The van der Waals surface area contributed by atoms with Gasteiger partial charge in [-0.3, -0.25) is 0 Å². The van der Waals surface area contributed by atoms with Gasteiger partial charge in [0.1, 0.15) is 13.1 Å². The quantitative estimate of drug-likeness (QED) is 0.744. The van der Waals surface area contributed by atoms with E-state index in [0.29, 0.717) is 0 Å². The highest BCUT2D eigenvalue weighted by Gasteiger charge is 2.27. The molecule has 0 bridgehead atoms. The summed E-state index contributed by atoms with van der Waals surface area (Å²) in [5.41, 5.74) is 4.42. The number of quaternary nitrogens is 1. The van der Waals surface area contributed by atoms with Crippen LogP contribution < -0.4 is 5.43 Å². The Morgan fingerprint density at radius 1 is 1.07 bits per heavy atom. The van der Waals surface area contributed by atoms with E-state index in [4.69, 9.17) is 0 Å². The maximum absolute atomic E-state index is 10.2. The minimum Gasteiger partial charge on any atom is -0.196 e. The number of hydrogen-bond donors (Lipinski definition) is 2. The topological polar surface area (TPSA) is 32.3 Å². The molecule has 1 aliphatic heterocycles. The highest BCUT2D eigenvalue weighted by molar-refractivity contribution is 5.13. The van der Waals surface area contributed by atoms with E-state index in [-0.39, 0.29) is 4.76 Å². The maximum atomic E-state index is 10.2. The normalized spacial score (nSPS) is 20.1. The first-order valence-electron chi connectivity index (χ1n) is 5.67. The molecule has 3 heteroatoms. The lowest BCUT2D eigenvalue weighted by molar-refractivity contribution is -1.14. The number of benzene rings is 1. The number of rotatable bonds is 3. The van der Waals surface area contributed by atoms with Gasteiger partial charge in [0.2, 0.25) is 0 Å². The summed E-state index contributed by atoms with van der Waals surface area (Å²) in [6.45, 7) is 2.39. The molecule has 0 spiro atoms. The van der Waals surface area contributed by atoms with Crippen molar-refractivity contribution in [3.63, 3.8) is 0 Å². The van der Waals surface area contributed by atoms with Crippen LogP contribution in [0.2, 0.25) is 0 Å². The number of hydrogen-bond acceptors (Lipinski definition) is 2. The zero-order valence-corrected chi connectivity index (χ0v) is 9.02. The molecule has 1 heterocycles. The van der Waals surface area contributed by atoms with E-state index in [2.05, 4.69) is 17.6 Å². The maximum Gasteiger partial charge on any atom is 0.128 e. The molecular formula is C12H19N2O+. The first-order valence-corrected chi connectivity index (χ1v) is 5.67. The molecular weight excluding hydrogens is 188 g/mol. The van der Waals surface area contributed by atoms with Crippen LogP contribution in [-0.2, 0) is 6.54 Å². The first kappa shape index (κ1) is 10.6. The lowest BCUT2D eigenvalue weighted by Crippen LogP contribution is -2.57. The molecule has 0 unspecified atom stereocenters. The van der Waals surface area contributed by atoms with E-state index >= 15 is 0 Å². The Hall–Kier alpha value is -0.900. The molecule has 1 aromatic carbocycles. The second kappa shape index (κ2) is 4.75. The average Bonchev–Trinajstić information content (AvgIpc) is 2.29. The van der Waals surface area contributed by atoms with Crippen LogP contribution >= 0.6 is 0 Å². The monoisotopic (exact) mass is 207 g/mol. The van der Waals surface area contributed by atoms with Gasteiger partial charge >= 0.3 is 0 Å². The standard InChI is InChI=1S/C12H19N2O/c15-14(9-5-2-6-10-14)13-11-12-7-3-1-4-8-12/h1,3-4,7-8,13,15H,2,5-6,9-11H2/q+1. The summed E-state index contributed by atoms with van der Waals surface area (Å²) in [4.78, 5) is 0. The second-order valence-corrected chi connectivity index (χ2v) is 4.25. The molecule has 1 fully saturated rings. The van der Waals surface area contributed by atoms with Crippen LogP contribution in [0.1, 0.15) is 24.8 Å². The van der Waals surface area contributed by atoms with Gasteiger partial charge in [0.15, 0.2) is 0 Å². The van der Waals surface area contributed by atoms with Crippen molar-refractivity contribution in [1.82, 2.24) is 5.43 Å². The molecule has 2 N–H and O–H groups in total. The molecule has 0 aliphatic carbocycles. The van der Waals surface area contributed by atoms with Gasteiger partial charge in [0.25, 0.3) is 0 Å². The highest BCUT2D eigenvalue weighted by atomic mass is 16.6. The van der Waals surface area contributed by atoms with Gasteiger partial charge in [-0.2, -0.15) is 5.21 Å². The molecule has 1 aliphatic rings. The van der Waals surface area contributed by atoms with E-state index in [0.717, 1.165) is 32.5 Å². The van der Waals surface area contributed by atoms with E-state index < -0.39 is 0 Å². The number of nitrogens with one attached hydrogen (secondary N) is 1. The molecule has 0 atom stereocenters. The van der Waals surface area contributed by atoms with Gasteiger partial charge in [-0.25, -0.2) is 0 Å². The Kier molecular flexibility index (Phi) is 3.36. The van der Waals surface area contributed by atoms with Crippen LogP contribution in [0.25, 0.3) is 0 Å². The van der Waals surface area contributed by atoms with Crippen molar-refractivity contribution < 1.29 is 9.96 Å². The molecule has 1 aromatic rings. The number of hydroxylamine groups is 2. The predicted molar refractivity (Wildman–Crippen MR) is 58.9 cm³/mol. The minimum absolute atomic E-state index is 0.0366. The fraction of sp³-hybridized carbons (Fsp3) is 0.500. The van der Waals surface area contributed by atoms with Crippen molar-refractivity contribution in [2.24, 2.45) is 0 Å². The van der Waals surface area contributed by atoms with Crippen molar-refractivity contribution in [3.8, 4) is 0 Å². The minimum atomic E-state index is 0.0366. The molecule has 0 radical (unpaired) electrons. The van der Waals surface area contributed by atoms with Crippen LogP contribution in [0.5, 0.6) is 0 Å². The summed E-state index contributed by atoms with van der Waals surface area (Å²) >= 11 is 0. The second-order valence-electron chi connectivity index (χ2n) is 4.25. The third-order valence-electron chi connectivity index (χ3n) is 2.98. The van der Waals surface area contributed by atoms with Gasteiger partial charge in [0, 0.05) is 12.8 Å². The zero-order chi connectivity index (χ0) is 10.6. The Morgan fingerprint density at radius 2 is 1.73 bits per heavy atom. The van der Waals surface area contributed by atoms with Crippen LogP contribution in [0.3, 0.4) is 0 Å². The summed E-state index contributed by atoms with van der Waals surface area (Å²) in [5, 5.41) is 10.2. The lowest BCUT2D eigenvalue weighted by atomic mass is 10.1. The summed E-state index contributed by atoms with van der Waals surface area (Å²) in [6, 6.07) is 10.2. The van der Waals surface area contributed by atoms with Gasteiger partial charge < -0.3 is 0 Å². The van der Waals surface area contributed by atoms with Gasteiger partial charge in [0.05, 0.1) is 6.54 Å². The van der Waals surface area contributed by atoms with Crippen LogP contribution in [-0.4, -0.2) is 23.1 Å². The third-order valence-corrected chi connectivity index (χ3v) is 2.98. The average molecular weight is 207 g/mol. The van der Waals surface area contributed by atoms with Crippen LogP contribution in [0.15, 0.2) is 30.3 Å². The number of piperidine rings is 1. The predicted octanol–water partition coefficient (Wildman–Crippen LogP) is 2.08. The molecule has 82 valence electrons. The summed E-state index contributed by atoms with van der Waals surface area (Å²) < 4.78 is 0.0366. The Bertz CT molecular complexity index is 294. The first-order chi connectivity index (χ1) is 7.29. The van der Waals surface area contributed by atoms with Crippen LogP contribution in [0.4, 0.5) is 0 Å². The lowest BCUT2D eigenvalue weighted by Gasteiger charge is -2.32. The van der Waals surface area contributed by atoms with Crippen molar-refractivity contribution >= 4 is 0 Å². The Morgan fingerprint density at radius 3 is 2.40 bits per heavy atom. The summed E-state index contributed by atoms with van der Waals surface area (Å²) in [7, 11) is 0. The van der Waals surface area contributed by atoms with E-state index in [1.165, 1.54) is 12.0 Å². The largest absolute Gasteiger partial charge is 0.196 e. The molecule has 15 heavy (non-hydrogen) atoms. The molecule has 0 aromatic heterocycles. The molecule has 1 saturated heterocycles. The number of nitrogens with zero attached hydrogens (tertiary/aromatic N) is 1. The Labute approximate surface area is 90.9 Å². The zero-order valence-electron chi connectivity index (χ0n) is 9.02. The van der Waals surface area contributed by atoms with Crippen molar-refractivity contribution in [2.75, 3.05) is 13.1 Å². The molecule has 2 rings (SSSR count). The molecule has 3 nitrogen and oxygen atoms in total. The van der Waals surface area contributed by atoms with Crippen molar-refractivity contribution in [2.45, 2.75) is 25.8 Å². The van der Waals surface area contributed by atoms with Gasteiger partial charge in [-0.15, -0.1) is 10.2 Å². The van der Waals surface area contributed by atoms with Crippen molar-refractivity contribution in [3.05, 3.63) is 35.9 Å². The fourth-order valence-corrected chi connectivity index (χ4v) is 2.03. The Balaban J connectivity index is 1.87. The SMILES string of the molecule is O[N+]1(NCc2ccccc2)CCCCC1. The van der Waals surface area contributed by atoms with Crippen molar-refractivity contribution in [1.29, 1.82) is 0 Å². The summed E-state index contributed by atoms with van der Waals surface area (Å²) in [6.07, 6.45) is 3.46. The fourth-order valence-electron chi connectivity index (χ4n) is 2.03. The van der Waals surface area contributed by atoms with Gasteiger partial charge in [-0.1, -0.05) is 30.3 Å². The van der Waals surface area contributed by atoms with E-state index in [9.17, 15) is 5.21 Å². The summed E-state index contributed by atoms with van der Waals surface area (Å²) in [5.74, 6) is 0. The van der Waals surface area contributed by atoms with E-state index in [1.54, 1.807) is 0 Å². The van der Waals surface area contributed by atoms with E-state index in [1.807, 2.05) is 18.2 Å². The molecule has 0 amide bonds. The molecule has 0 saturated carbocycles. The highest BCUT2D eigenvalue weighted by Crippen LogP contribution is 2.13. The third kappa shape index (κ3) is 3.02. The van der Waals surface area contributed by atoms with Crippen LogP contribution in [0, 0.1) is 0 Å². The smallest absolute Gasteiger partial charge is 0.128 e.